The Labute approximate surface area is 138 Å². The number of fused-ring (bicyclic) bond motifs is 1. The highest BCUT2D eigenvalue weighted by Crippen LogP contribution is 2.26. The third kappa shape index (κ3) is 2.64. The zero-order valence-electron chi connectivity index (χ0n) is 10.8. The van der Waals surface area contributed by atoms with Crippen LogP contribution in [0, 0.1) is 15.2 Å². The molecule has 108 valence electrons. The van der Waals surface area contributed by atoms with E-state index in [0.717, 1.165) is 15.3 Å². The van der Waals surface area contributed by atoms with Gasteiger partial charge in [-0.3, -0.25) is 4.57 Å². The second kappa shape index (κ2) is 5.88. The zero-order chi connectivity index (χ0) is 15.0. The minimum absolute atomic E-state index is 0.150. The van der Waals surface area contributed by atoms with Gasteiger partial charge in [-0.25, -0.2) is 13.8 Å². The lowest BCUT2D eigenvalue weighted by atomic mass is 10.2. The van der Waals surface area contributed by atoms with Gasteiger partial charge in [0, 0.05) is 21.6 Å². The summed E-state index contributed by atoms with van der Waals surface area (Å²) in [5.74, 6) is -0.796. The lowest BCUT2D eigenvalue weighted by molar-refractivity contribution is 0.514. The maximum atomic E-state index is 14.2. The molecule has 1 aromatic heterocycles. The number of hydrogen-bond acceptors (Lipinski definition) is 1. The fourth-order valence-corrected chi connectivity index (χ4v) is 2.99. The molecule has 0 fully saturated rings. The van der Waals surface area contributed by atoms with Crippen LogP contribution >= 0.6 is 34.2 Å². The van der Waals surface area contributed by atoms with Gasteiger partial charge in [0.05, 0.1) is 5.52 Å². The molecule has 0 aliphatic carbocycles. The van der Waals surface area contributed by atoms with Crippen molar-refractivity contribution in [2.45, 2.75) is 6.42 Å². The standard InChI is InChI=1S/C15H10ClF2IN2/c16-7-6-13-20-12-5-4-11(17)14(18)15(12)21(13)10-3-1-2-9(19)8-10/h1-5,8H,6-7H2. The second-order valence-corrected chi connectivity index (χ2v) is 6.13. The minimum atomic E-state index is -0.889. The molecule has 2 nitrogen and oxygen atoms in total. The first kappa shape index (κ1) is 14.7. The normalized spacial score (nSPS) is 11.2. The highest BCUT2D eigenvalue weighted by Gasteiger charge is 2.18. The first-order valence-corrected chi connectivity index (χ1v) is 7.90. The number of halogens is 4. The molecule has 0 saturated carbocycles. The van der Waals surface area contributed by atoms with Crippen molar-refractivity contribution < 1.29 is 8.78 Å². The Morgan fingerprint density at radius 3 is 2.71 bits per heavy atom. The van der Waals surface area contributed by atoms with E-state index in [9.17, 15) is 8.78 Å². The van der Waals surface area contributed by atoms with E-state index >= 15 is 0 Å². The van der Waals surface area contributed by atoms with Gasteiger partial charge in [0.25, 0.3) is 0 Å². The molecule has 0 spiro atoms. The summed E-state index contributed by atoms with van der Waals surface area (Å²) in [6, 6.07) is 10.1. The molecule has 0 bridgehead atoms. The zero-order valence-corrected chi connectivity index (χ0v) is 13.7. The van der Waals surface area contributed by atoms with E-state index in [0.29, 0.717) is 23.6 Å². The Hall–Kier alpha value is -1.21. The summed E-state index contributed by atoms with van der Waals surface area (Å²) in [5.41, 5.74) is 1.32. The van der Waals surface area contributed by atoms with Crippen molar-refractivity contribution in [3.8, 4) is 5.69 Å². The lowest BCUT2D eigenvalue weighted by Gasteiger charge is -2.09. The van der Waals surface area contributed by atoms with Crippen LogP contribution in [0.1, 0.15) is 5.82 Å². The van der Waals surface area contributed by atoms with Gasteiger partial charge in [-0.2, -0.15) is 0 Å². The van der Waals surface area contributed by atoms with Gasteiger partial charge in [0.1, 0.15) is 11.3 Å². The third-order valence-electron chi connectivity index (χ3n) is 3.16. The average molecular weight is 419 g/mol. The molecular weight excluding hydrogens is 409 g/mol. The molecule has 0 atom stereocenters. The number of alkyl halides is 1. The van der Waals surface area contributed by atoms with Gasteiger partial charge in [-0.15, -0.1) is 11.6 Å². The Balaban J connectivity index is 2.37. The number of imidazole rings is 1. The van der Waals surface area contributed by atoms with Gasteiger partial charge >= 0.3 is 0 Å². The largest absolute Gasteiger partial charge is 0.293 e. The smallest absolute Gasteiger partial charge is 0.185 e. The van der Waals surface area contributed by atoms with Gasteiger partial charge in [-0.1, -0.05) is 6.07 Å². The molecule has 0 aliphatic heterocycles. The lowest BCUT2D eigenvalue weighted by Crippen LogP contribution is -2.04. The summed E-state index contributed by atoms with van der Waals surface area (Å²) < 4.78 is 30.4. The van der Waals surface area contributed by atoms with E-state index < -0.39 is 11.6 Å². The van der Waals surface area contributed by atoms with E-state index in [-0.39, 0.29) is 5.52 Å². The fourth-order valence-electron chi connectivity index (χ4n) is 2.30. The summed E-state index contributed by atoms with van der Waals surface area (Å²) in [6.07, 6.45) is 0.475. The monoisotopic (exact) mass is 418 g/mol. The number of rotatable bonds is 3. The molecule has 1 heterocycles. The molecule has 2 aromatic carbocycles. The first-order chi connectivity index (χ1) is 10.1. The fraction of sp³-hybridized carbons (Fsp3) is 0.133. The van der Waals surface area contributed by atoms with Gasteiger partial charge in [-0.05, 0) is 52.9 Å². The van der Waals surface area contributed by atoms with Crippen molar-refractivity contribution in [2.24, 2.45) is 0 Å². The molecule has 0 radical (unpaired) electrons. The molecule has 0 amide bonds. The first-order valence-electron chi connectivity index (χ1n) is 6.29. The van der Waals surface area contributed by atoms with E-state index in [1.165, 1.54) is 6.07 Å². The molecule has 0 unspecified atom stereocenters. The summed E-state index contributed by atoms with van der Waals surface area (Å²) >= 11 is 7.98. The molecule has 0 N–H and O–H groups in total. The van der Waals surface area contributed by atoms with Crippen LogP contribution in [-0.2, 0) is 6.42 Å². The summed E-state index contributed by atoms with van der Waals surface area (Å²) in [6.45, 7) is 0. The SMILES string of the molecule is Fc1ccc2nc(CCCl)n(-c3cccc(I)c3)c2c1F. The minimum Gasteiger partial charge on any atom is -0.293 e. The van der Waals surface area contributed by atoms with Crippen LogP contribution in [0.15, 0.2) is 36.4 Å². The van der Waals surface area contributed by atoms with Crippen LogP contribution in [0.3, 0.4) is 0 Å². The molecule has 21 heavy (non-hydrogen) atoms. The maximum Gasteiger partial charge on any atom is 0.185 e. The average Bonchev–Trinajstić information content (AvgIpc) is 2.82. The van der Waals surface area contributed by atoms with Crippen LogP contribution < -0.4 is 0 Å². The number of hydrogen-bond donors (Lipinski definition) is 0. The van der Waals surface area contributed by atoms with Crippen LogP contribution in [0.2, 0.25) is 0 Å². The Kier molecular flexibility index (Phi) is 4.12. The van der Waals surface area contributed by atoms with Crippen molar-refractivity contribution in [3.05, 3.63) is 57.4 Å². The summed E-state index contributed by atoms with van der Waals surface area (Å²) in [4.78, 5) is 4.38. The van der Waals surface area contributed by atoms with Crippen LogP contribution in [0.25, 0.3) is 16.7 Å². The molecule has 3 rings (SSSR count). The van der Waals surface area contributed by atoms with Crippen LogP contribution in [0.5, 0.6) is 0 Å². The molecule has 0 aliphatic rings. The van der Waals surface area contributed by atoms with Crippen molar-refractivity contribution in [1.82, 2.24) is 9.55 Å². The van der Waals surface area contributed by atoms with Crippen LogP contribution in [0.4, 0.5) is 8.78 Å². The predicted octanol–water partition coefficient (Wildman–Crippen LogP) is 4.69. The highest BCUT2D eigenvalue weighted by atomic mass is 127. The second-order valence-electron chi connectivity index (χ2n) is 4.51. The van der Waals surface area contributed by atoms with E-state index in [1.807, 2.05) is 24.3 Å². The number of nitrogens with zero attached hydrogens (tertiary/aromatic N) is 2. The van der Waals surface area contributed by atoms with Crippen molar-refractivity contribution in [2.75, 3.05) is 5.88 Å². The Bertz CT molecular complexity index is 817. The third-order valence-corrected chi connectivity index (χ3v) is 4.02. The molecule has 0 saturated heterocycles. The van der Waals surface area contributed by atoms with Crippen LogP contribution in [-0.4, -0.2) is 15.4 Å². The number of benzene rings is 2. The topological polar surface area (TPSA) is 17.8 Å². The Morgan fingerprint density at radius 1 is 1.19 bits per heavy atom. The van der Waals surface area contributed by atoms with Crippen molar-refractivity contribution in [1.29, 1.82) is 0 Å². The number of aromatic nitrogens is 2. The quantitative estimate of drug-likeness (QED) is 0.446. The highest BCUT2D eigenvalue weighted by molar-refractivity contribution is 14.1. The van der Waals surface area contributed by atoms with E-state index in [2.05, 4.69) is 27.6 Å². The molecular formula is C15H10ClF2IN2. The van der Waals surface area contributed by atoms with E-state index in [1.54, 1.807) is 4.57 Å². The van der Waals surface area contributed by atoms with Gasteiger partial charge in [0.15, 0.2) is 11.6 Å². The molecule has 3 aromatic rings. The van der Waals surface area contributed by atoms with Gasteiger partial charge < -0.3 is 0 Å². The van der Waals surface area contributed by atoms with E-state index in [4.69, 9.17) is 11.6 Å². The van der Waals surface area contributed by atoms with Crippen molar-refractivity contribution >= 4 is 45.2 Å². The maximum absolute atomic E-state index is 14.2. The predicted molar refractivity (Wildman–Crippen MR) is 88.1 cm³/mol. The van der Waals surface area contributed by atoms with Gasteiger partial charge in [0.2, 0.25) is 0 Å². The Morgan fingerprint density at radius 2 is 2.00 bits per heavy atom. The summed E-state index contributed by atoms with van der Waals surface area (Å²) in [5, 5.41) is 0. The number of aryl methyl sites for hydroxylation is 1. The van der Waals surface area contributed by atoms with Crippen molar-refractivity contribution in [3.63, 3.8) is 0 Å². The summed E-state index contributed by atoms with van der Waals surface area (Å²) in [7, 11) is 0. The molecule has 6 heteroatoms.